The maximum Gasteiger partial charge on any atom is 0.435 e. The Balaban J connectivity index is 3.00. The Bertz CT molecular complexity index is 379. The summed E-state index contributed by atoms with van der Waals surface area (Å²) in [6.07, 6.45) is -2.31. The third-order valence-electron chi connectivity index (χ3n) is 1.60. The zero-order chi connectivity index (χ0) is 12.2. The Morgan fingerprint density at radius 2 is 2.00 bits per heavy atom. The minimum Gasteiger partial charge on any atom is -0.461 e. The fourth-order valence-corrected chi connectivity index (χ4v) is 0.958. The Hall–Kier alpha value is -1.66. The van der Waals surface area contributed by atoms with Crippen molar-refractivity contribution >= 4 is 5.97 Å². The van der Waals surface area contributed by atoms with Crippen molar-refractivity contribution in [3.63, 3.8) is 0 Å². The monoisotopic (exact) mass is 234 g/mol. The van der Waals surface area contributed by atoms with Crippen LogP contribution in [0.4, 0.5) is 13.2 Å². The van der Waals surface area contributed by atoms with E-state index in [0.29, 0.717) is 6.42 Å². The molecule has 0 atom stereocenters. The Morgan fingerprint density at radius 3 is 2.56 bits per heavy atom. The van der Waals surface area contributed by atoms with Gasteiger partial charge < -0.3 is 4.74 Å². The number of hydrogen-bond acceptors (Lipinski definition) is 4. The SMILES string of the molecule is CCCOC(=O)c1nccnc1C(F)(F)F. The van der Waals surface area contributed by atoms with Crippen molar-refractivity contribution < 1.29 is 22.7 Å². The lowest BCUT2D eigenvalue weighted by atomic mass is 10.3. The van der Waals surface area contributed by atoms with Gasteiger partial charge in [-0.15, -0.1) is 0 Å². The maximum atomic E-state index is 12.4. The normalized spacial score (nSPS) is 11.2. The van der Waals surface area contributed by atoms with Gasteiger partial charge in [0.2, 0.25) is 0 Å². The van der Waals surface area contributed by atoms with Gasteiger partial charge in [-0.25, -0.2) is 14.8 Å². The van der Waals surface area contributed by atoms with Crippen molar-refractivity contribution in [2.45, 2.75) is 19.5 Å². The first-order chi connectivity index (χ1) is 7.46. The molecule has 1 rings (SSSR count). The lowest BCUT2D eigenvalue weighted by Crippen LogP contribution is -2.18. The molecular weight excluding hydrogens is 225 g/mol. The molecule has 1 aromatic rings. The van der Waals surface area contributed by atoms with Gasteiger partial charge >= 0.3 is 12.1 Å². The van der Waals surface area contributed by atoms with E-state index >= 15 is 0 Å². The molecule has 0 aromatic carbocycles. The highest BCUT2D eigenvalue weighted by molar-refractivity contribution is 5.88. The van der Waals surface area contributed by atoms with Crippen molar-refractivity contribution in [1.29, 1.82) is 0 Å². The molecule has 7 heteroatoms. The fourth-order valence-electron chi connectivity index (χ4n) is 0.958. The van der Waals surface area contributed by atoms with E-state index in [0.717, 1.165) is 12.4 Å². The number of rotatable bonds is 3. The summed E-state index contributed by atoms with van der Waals surface area (Å²) in [7, 11) is 0. The van der Waals surface area contributed by atoms with Gasteiger partial charge in [0.05, 0.1) is 6.61 Å². The Labute approximate surface area is 89.5 Å². The molecule has 0 aliphatic rings. The fraction of sp³-hybridized carbons (Fsp3) is 0.444. The summed E-state index contributed by atoms with van der Waals surface area (Å²) in [6.45, 7) is 1.78. The quantitative estimate of drug-likeness (QED) is 0.751. The highest BCUT2D eigenvalue weighted by atomic mass is 19.4. The minimum atomic E-state index is -4.71. The molecule has 16 heavy (non-hydrogen) atoms. The molecular formula is C9H9F3N2O2. The maximum absolute atomic E-state index is 12.4. The topological polar surface area (TPSA) is 52.1 Å². The molecule has 0 radical (unpaired) electrons. The third-order valence-corrected chi connectivity index (χ3v) is 1.60. The van der Waals surface area contributed by atoms with Crippen LogP contribution in [-0.4, -0.2) is 22.5 Å². The largest absolute Gasteiger partial charge is 0.461 e. The number of esters is 1. The highest BCUT2D eigenvalue weighted by Crippen LogP contribution is 2.29. The van der Waals surface area contributed by atoms with E-state index in [-0.39, 0.29) is 6.61 Å². The molecule has 0 aliphatic heterocycles. The number of carbonyl (C=O) groups excluding carboxylic acids is 1. The summed E-state index contributed by atoms with van der Waals surface area (Å²) in [5, 5.41) is 0. The molecule has 0 saturated carbocycles. The molecule has 0 bridgehead atoms. The van der Waals surface area contributed by atoms with E-state index in [1.807, 2.05) is 0 Å². The van der Waals surface area contributed by atoms with Gasteiger partial charge in [-0.3, -0.25) is 0 Å². The second-order valence-electron chi connectivity index (χ2n) is 2.89. The molecule has 4 nitrogen and oxygen atoms in total. The van der Waals surface area contributed by atoms with Crippen LogP contribution < -0.4 is 0 Å². The van der Waals surface area contributed by atoms with Gasteiger partial charge in [0, 0.05) is 12.4 Å². The van der Waals surface area contributed by atoms with Crippen molar-refractivity contribution in [3.05, 3.63) is 23.8 Å². The summed E-state index contributed by atoms with van der Waals surface area (Å²) < 4.78 is 41.8. The molecule has 0 amide bonds. The third kappa shape index (κ3) is 2.91. The average Bonchev–Trinajstić information content (AvgIpc) is 2.24. The van der Waals surface area contributed by atoms with Gasteiger partial charge in [0.25, 0.3) is 0 Å². The molecule has 88 valence electrons. The lowest BCUT2D eigenvalue weighted by molar-refractivity contribution is -0.142. The first kappa shape index (κ1) is 12.4. The van der Waals surface area contributed by atoms with Crippen LogP contribution in [0.3, 0.4) is 0 Å². The number of hydrogen-bond donors (Lipinski definition) is 0. The summed E-state index contributed by atoms with van der Waals surface area (Å²) in [4.78, 5) is 17.7. The van der Waals surface area contributed by atoms with Gasteiger partial charge in [0.15, 0.2) is 11.4 Å². The van der Waals surface area contributed by atoms with Crippen LogP contribution >= 0.6 is 0 Å². The molecule has 0 N–H and O–H groups in total. The van der Waals surface area contributed by atoms with Crippen molar-refractivity contribution in [2.24, 2.45) is 0 Å². The van der Waals surface area contributed by atoms with Crippen molar-refractivity contribution in [1.82, 2.24) is 9.97 Å². The molecule has 0 aliphatic carbocycles. The Kier molecular flexibility index (Phi) is 3.81. The van der Waals surface area contributed by atoms with Crippen LogP contribution in [0.15, 0.2) is 12.4 Å². The van der Waals surface area contributed by atoms with Crippen LogP contribution in [0.5, 0.6) is 0 Å². The number of halogens is 3. The van der Waals surface area contributed by atoms with Crippen LogP contribution in [0, 0.1) is 0 Å². The second kappa shape index (κ2) is 4.91. The smallest absolute Gasteiger partial charge is 0.435 e. The van der Waals surface area contributed by atoms with E-state index < -0.39 is 23.5 Å². The molecule has 0 unspecified atom stereocenters. The molecule has 1 heterocycles. The van der Waals surface area contributed by atoms with E-state index in [1.54, 1.807) is 6.92 Å². The van der Waals surface area contributed by atoms with Gasteiger partial charge in [-0.1, -0.05) is 6.92 Å². The number of carbonyl (C=O) groups is 1. The Morgan fingerprint density at radius 1 is 1.38 bits per heavy atom. The predicted molar refractivity (Wildman–Crippen MR) is 47.6 cm³/mol. The number of ether oxygens (including phenoxy) is 1. The van der Waals surface area contributed by atoms with Crippen LogP contribution in [0.2, 0.25) is 0 Å². The average molecular weight is 234 g/mol. The first-order valence-corrected chi connectivity index (χ1v) is 4.52. The summed E-state index contributed by atoms with van der Waals surface area (Å²) in [6, 6.07) is 0. The highest BCUT2D eigenvalue weighted by Gasteiger charge is 2.38. The molecule has 1 aromatic heterocycles. The number of alkyl halides is 3. The first-order valence-electron chi connectivity index (χ1n) is 4.52. The van der Waals surface area contributed by atoms with Crippen LogP contribution in [0.25, 0.3) is 0 Å². The minimum absolute atomic E-state index is 0.0483. The van der Waals surface area contributed by atoms with E-state index in [2.05, 4.69) is 14.7 Å². The molecule has 0 saturated heterocycles. The number of aromatic nitrogens is 2. The van der Waals surface area contributed by atoms with E-state index in [9.17, 15) is 18.0 Å². The standard InChI is InChI=1S/C9H9F3N2O2/c1-2-5-16-8(15)6-7(9(10,11)12)14-4-3-13-6/h3-4H,2,5H2,1H3. The van der Waals surface area contributed by atoms with Crippen LogP contribution in [0.1, 0.15) is 29.5 Å². The predicted octanol–water partition coefficient (Wildman–Crippen LogP) is 2.06. The van der Waals surface area contributed by atoms with Crippen molar-refractivity contribution in [2.75, 3.05) is 6.61 Å². The van der Waals surface area contributed by atoms with Crippen LogP contribution in [-0.2, 0) is 10.9 Å². The zero-order valence-electron chi connectivity index (χ0n) is 8.41. The van der Waals surface area contributed by atoms with Crippen molar-refractivity contribution in [3.8, 4) is 0 Å². The van der Waals surface area contributed by atoms with E-state index in [4.69, 9.17) is 0 Å². The van der Waals surface area contributed by atoms with E-state index in [1.165, 1.54) is 0 Å². The van der Waals surface area contributed by atoms with Gasteiger partial charge in [-0.05, 0) is 6.42 Å². The molecule has 0 spiro atoms. The summed E-state index contributed by atoms with van der Waals surface area (Å²) in [5.41, 5.74) is -2.13. The van der Waals surface area contributed by atoms with Gasteiger partial charge in [0.1, 0.15) is 0 Å². The summed E-state index contributed by atoms with van der Waals surface area (Å²) in [5.74, 6) is -1.11. The lowest BCUT2D eigenvalue weighted by Gasteiger charge is -2.09. The summed E-state index contributed by atoms with van der Waals surface area (Å²) >= 11 is 0. The molecule has 0 fully saturated rings. The zero-order valence-corrected chi connectivity index (χ0v) is 8.41. The number of nitrogens with zero attached hydrogens (tertiary/aromatic N) is 2. The van der Waals surface area contributed by atoms with Gasteiger partial charge in [-0.2, -0.15) is 13.2 Å². The second-order valence-corrected chi connectivity index (χ2v) is 2.89.